The largest absolute Gasteiger partial charge is 0.490 e. The lowest BCUT2D eigenvalue weighted by atomic mass is 10.0. The molecule has 1 saturated carbocycles. The van der Waals surface area contributed by atoms with E-state index in [1.54, 1.807) is 0 Å². The maximum atomic E-state index is 12.6. The molecular formula is C21H20N2O2. The minimum Gasteiger partial charge on any atom is -0.490 e. The monoisotopic (exact) mass is 332 g/mol. The van der Waals surface area contributed by atoms with E-state index in [9.17, 15) is 4.79 Å². The van der Waals surface area contributed by atoms with Gasteiger partial charge in [-0.1, -0.05) is 11.8 Å². The number of ether oxygens (including phenoxy) is 1. The molecule has 2 N–H and O–H groups in total. The molecule has 1 amide bonds. The van der Waals surface area contributed by atoms with E-state index >= 15 is 0 Å². The van der Waals surface area contributed by atoms with Crippen LogP contribution in [0.2, 0.25) is 0 Å². The topological polar surface area (TPSA) is 50.4 Å². The van der Waals surface area contributed by atoms with Crippen LogP contribution in [0.1, 0.15) is 34.3 Å². The van der Waals surface area contributed by atoms with Crippen molar-refractivity contribution < 1.29 is 9.53 Å². The molecule has 0 unspecified atom stereocenters. The van der Waals surface area contributed by atoms with Gasteiger partial charge >= 0.3 is 0 Å². The van der Waals surface area contributed by atoms with E-state index in [-0.39, 0.29) is 5.91 Å². The van der Waals surface area contributed by atoms with Gasteiger partial charge in [0, 0.05) is 35.3 Å². The molecular weight excluding hydrogens is 312 g/mol. The maximum Gasteiger partial charge on any atom is 0.255 e. The highest BCUT2D eigenvalue weighted by Gasteiger charge is 2.18. The van der Waals surface area contributed by atoms with Crippen molar-refractivity contribution in [2.75, 3.05) is 23.8 Å². The summed E-state index contributed by atoms with van der Waals surface area (Å²) in [5.74, 6) is 7.66. The number of anilines is 2. The molecule has 0 spiro atoms. The van der Waals surface area contributed by atoms with Gasteiger partial charge in [0.15, 0.2) is 0 Å². The average molecular weight is 332 g/mol. The lowest BCUT2D eigenvalue weighted by Gasteiger charge is -2.19. The highest BCUT2D eigenvalue weighted by Crippen LogP contribution is 2.30. The Hall–Kier alpha value is -2.93. The highest BCUT2D eigenvalue weighted by atomic mass is 16.5. The maximum absolute atomic E-state index is 12.6. The van der Waals surface area contributed by atoms with Crippen LogP contribution in [0.4, 0.5) is 11.4 Å². The average Bonchev–Trinajstić information content (AvgIpc) is 3.44. The lowest BCUT2D eigenvalue weighted by Crippen LogP contribution is -2.18. The Kier molecular flexibility index (Phi) is 4.07. The van der Waals surface area contributed by atoms with Crippen molar-refractivity contribution in [3.8, 4) is 17.6 Å². The Balaban J connectivity index is 1.50. The molecule has 126 valence electrons. The van der Waals surface area contributed by atoms with Crippen LogP contribution in [-0.2, 0) is 0 Å². The van der Waals surface area contributed by atoms with Gasteiger partial charge in [-0.3, -0.25) is 4.79 Å². The van der Waals surface area contributed by atoms with Gasteiger partial charge in [0.05, 0.1) is 5.69 Å². The van der Waals surface area contributed by atoms with E-state index in [0.29, 0.717) is 18.1 Å². The number of carbonyl (C=O) groups excluding carboxylic acids is 1. The zero-order valence-corrected chi connectivity index (χ0v) is 14.2. The first-order valence-corrected chi connectivity index (χ1v) is 8.63. The minimum atomic E-state index is -0.122. The van der Waals surface area contributed by atoms with Gasteiger partial charge in [0.1, 0.15) is 12.4 Å². The van der Waals surface area contributed by atoms with Gasteiger partial charge in [-0.2, -0.15) is 0 Å². The van der Waals surface area contributed by atoms with Crippen molar-refractivity contribution in [3.63, 3.8) is 0 Å². The molecule has 0 saturated heterocycles. The lowest BCUT2D eigenvalue weighted by molar-refractivity contribution is 0.102. The minimum absolute atomic E-state index is 0.122. The number of carbonyl (C=O) groups is 1. The van der Waals surface area contributed by atoms with E-state index in [0.717, 1.165) is 34.8 Å². The Morgan fingerprint density at radius 2 is 2.12 bits per heavy atom. The molecule has 1 fully saturated rings. The van der Waals surface area contributed by atoms with Gasteiger partial charge in [0.25, 0.3) is 5.91 Å². The van der Waals surface area contributed by atoms with Gasteiger partial charge in [0.2, 0.25) is 0 Å². The SMILES string of the molecule is Cc1cc(C#CC2CC2)ccc1C(=O)Nc1ccc2c(c1)OCCN2. The van der Waals surface area contributed by atoms with Crippen LogP contribution in [0.5, 0.6) is 5.75 Å². The molecule has 4 heteroatoms. The summed E-state index contributed by atoms with van der Waals surface area (Å²) in [6, 6.07) is 11.4. The number of aryl methyl sites for hydroxylation is 1. The summed E-state index contributed by atoms with van der Waals surface area (Å²) < 4.78 is 5.61. The zero-order valence-electron chi connectivity index (χ0n) is 14.2. The summed E-state index contributed by atoms with van der Waals surface area (Å²) in [6.07, 6.45) is 2.43. The van der Waals surface area contributed by atoms with Crippen LogP contribution in [0.25, 0.3) is 0 Å². The number of amides is 1. The fraction of sp³-hybridized carbons (Fsp3) is 0.286. The smallest absolute Gasteiger partial charge is 0.255 e. The molecule has 0 bridgehead atoms. The van der Waals surface area contributed by atoms with Crippen LogP contribution in [0, 0.1) is 24.7 Å². The molecule has 2 aromatic rings. The first-order valence-electron chi connectivity index (χ1n) is 8.63. The predicted octanol–water partition coefficient (Wildman–Crippen LogP) is 3.81. The molecule has 1 heterocycles. The second-order valence-electron chi connectivity index (χ2n) is 6.51. The van der Waals surface area contributed by atoms with E-state index in [1.165, 1.54) is 12.8 Å². The highest BCUT2D eigenvalue weighted by molar-refractivity contribution is 6.05. The van der Waals surface area contributed by atoms with Crippen molar-refractivity contribution in [2.45, 2.75) is 19.8 Å². The third kappa shape index (κ3) is 3.61. The molecule has 1 aliphatic heterocycles. The van der Waals surface area contributed by atoms with Crippen LogP contribution in [0.15, 0.2) is 36.4 Å². The number of rotatable bonds is 2. The van der Waals surface area contributed by atoms with Crippen molar-refractivity contribution in [3.05, 3.63) is 53.1 Å². The summed E-state index contributed by atoms with van der Waals surface area (Å²) >= 11 is 0. The second kappa shape index (κ2) is 6.52. The van der Waals surface area contributed by atoms with Crippen molar-refractivity contribution >= 4 is 17.3 Å². The standard InChI is InChI=1S/C21H20N2O2/c1-14-12-16(5-4-15-2-3-15)6-8-18(14)21(24)23-17-7-9-19-20(13-17)25-11-10-22-19/h6-9,12-13,15,22H,2-3,10-11H2,1H3,(H,23,24). The molecule has 0 aromatic heterocycles. The van der Waals surface area contributed by atoms with Crippen molar-refractivity contribution in [2.24, 2.45) is 5.92 Å². The fourth-order valence-corrected chi connectivity index (χ4v) is 2.82. The molecule has 2 aromatic carbocycles. The molecule has 25 heavy (non-hydrogen) atoms. The molecule has 0 radical (unpaired) electrons. The predicted molar refractivity (Wildman–Crippen MR) is 99.2 cm³/mol. The Morgan fingerprint density at radius 3 is 2.92 bits per heavy atom. The number of benzene rings is 2. The van der Waals surface area contributed by atoms with Gasteiger partial charge in [-0.15, -0.1) is 0 Å². The van der Waals surface area contributed by atoms with Crippen molar-refractivity contribution in [1.29, 1.82) is 0 Å². The number of hydrogen-bond acceptors (Lipinski definition) is 3. The summed E-state index contributed by atoms with van der Waals surface area (Å²) in [5, 5.41) is 6.21. The Bertz CT molecular complexity index is 888. The third-order valence-corrected chi connectivity index (χ3v) is 4.38. The summed E-state index contributed by atoms with van der Waals surface area (Å²) in [5.41, 5.74) is 4.24. The summed E-state index contributed by atoms with van der Waals surface area (Å²) in [6.45, 7) is 3.37. The van der Waals surface area contributed by atoms with E-state index in [4.69, 9.17) is 4.74 Å². The molecule has 4 nitrogen and oxygen atoms in total. The quantitative estimate of drug-likeness (QED) is 0.822. The van der Waals surface area contributed by atoms with Crippen LogP contribution in [-0.4, -0.2) is 19.1 Å². The van der Waals surface area contributed by atoms with Crippen LogP contribution < -0.4 is 15.4 Å². The number of fused-ring (bicyclic) bond motifs is 1. The summed E-state index contributed by atoms with van der Waals surface area (Å²) in [7, 11) is 0. The molecule has 2 aliphatic rings. The Morgan fingerprint density at radius 1 is 1.24 bits per heavy atom. The zero-order chi connectivity index (χ0) is 17.2. The van der Waals surface area contributed by atoms with Crippen LogP contribution in [0.3, 0.4) is 0 Å². The first kappa shape index (κ1) is 15.6. The van der Waals surface area contributed by atoms with Gasteiger partial charge in [-0.25, -0.2) is 0 Å². The Labute approximate surface area is 147 Å². The van der Waals surface area contributed by atoms with Crippen LogP contribution >= 0.6 is 0 Å². The number of hydrogen-bond donors (Lipinski definition) is 2. The third-order valence-electron chi connectivity index (χ3n) is 4.38. The van der Waals surface area contributed by atoms with E-state index in [2.05, 4.69) is 22.5 Å². The van der Waals surface area contributed by atoms with Gasteiger partial charge < -0.3 is 15.4 Å². The second-order valence-corrected chi connectivity index (χ2v) is 6.51. The first-order chi connectivity index (χ1) is 12.2. The number of nitrogens with one attached hydrogen (secondary N) is 2. The molecule has 0 atom stereocenters. The van der Waals surface area contributed by atoms with Gasteiger partial charge in [-0.05, 0) is 55.7 Å². The summed E-state index contributed by atoms with van der Waals surface area (Å²) in [4.78, 5) is 12.6. The van der Waals surface area contributed by atoms with Crippen molar-refractivity contribution in [1.82, 2.24) is 0 Å². The normalized spacial score (nSPS) is 15.1. The fourth-order valence-electron chi connectivity index (χ4n) is 2.82. The molecule has 4 rings (SSSR count). The van der Waals surface area contributed by atoms with E-state index in [1.807, 2.05) is 43.3 Å². The van der Waals surface area contributed by atoms with E-state index < -0.39 is 0 Å². The molecule has 1 aliphatic carbocycles.